The van der Waals surface area contributed by atoms with Crippen LogP contribution in [0.2, 0.25) is 0 Å². The summed E-state index contributed by atoms with van der Waals surface area (Å²) >= 11 is 0. The van der Waals surface area contributed by atoms with Crippen molar-refractivity contribution in [1.29, 1.82) is 0 Å². The molecule has 1 N–H and O–H groups in total. The van der Waals surface area contributed by atoms with E-state index >= 15 is 0 Å². The average molecular weight is 788 g/mol. The highest BCUT2D eigenvalue weighted by Crippen LogP contribution is 2.41. The third kappa shape index (κ3) is 36.5. The molecule has 0 saturated carbocycles. The van der Waals surface area contributed by atoms with Gasteiger partial charge >= 0.3 is 5.97 Å². The predicted octanol–water partition coefficient (Wildman–Crippen LogP) is 11.3. The number of likely N-dealkylation sites (N-methyl/N-ethyl adjacent to an activating group) is 1. The van der Waals surface area contributed by atoms with Crippen molar-refractivity contribution < 1.29 is 42.4 Å². The Balaban J connectivity index is 4.26. The molecule has 0 rings (SSSR count). The highest BCUT2D eigenvalue weighted by molar-refractivity contribution is 7.45. The van der Waals surface area contributed by atoms with Crippen LogP contribution in [0.5, 0.6) is 0 Å². The van der Waals surface area contributed by atoms with Crippen LogP contribution in [0.1, 0.15) is 206 Å². The number of ether oxygens (including phenoxy) is 1. The molecule has 0 aliphatic carbocycles. The lowest BCUT2D eigenvalue weighted by molar-refractivity contribution is -0.872. The van der Waals surface area contributed by atoms with E-state index < -0.39 is 39.2 Å². The number of carbonyl (C=O) groups is 2. The zero-order valence-electron chi connectivity index (χ0n) is 35.8. The second-order valence-corrected chi connectivity index (χ2v) is 18.0. The number of carbonyl (C=O) groups excluding carboxylic acids is 2. The van der Waals surface area contributed by atoms with Gasteiger partial charge in [-0.2, -0.15) is 0 Å². The number of aliphatic hydroxyl groups excluding tert-OH is 1. The first-order chi connectivity index (χ1) is 25.9. The van der Waals surface area contributed by atoms with Gasteiger partial charge in [-0.3, -0.25) is 14.2 Å². The van der Waals surface area contributed by atoms with E-state index in [1.807, 2.05) is 21.1 Å². The van der Waals surface area contributed by atoms with Gasteiger partial charge < -0.3 is 28.3 Å². The largest absolute Gasteiger partial charge is 0.756 e. The maximum Gasteiger partial charge on any atom is 0.306 e. The van der Waals surface area contributed by atoms with Crippen LogP contribution in [0.3, 0.4) is 0 Å². The van der Waals surface area contributed by atoms with E-state index in [0.29, 0.717) is 17.3 Å². The molecule has 0 bridgehead atoms. The Morgan fingerprint density at radius 3 is 1.43 bits per heavy atom. The van der Waals surface area contributed by atoms with Crippen LogP contribution in [-0.2, 0) is 27.9 Å². The van der Waals surface area contributed by atoms with E-state index in [-0.39, 0.29) is 25.2 Å². The Morgan fingerprint density at radius 1 is 0.630 bits per heavy atom. The molecule has 0 aliphatic rings. The van der Waals surface area contributed by atoms with E-state index in [1.54, 1.807) is 0 Å². The van der Waals surface area contributed by atoms with Crippen molar-refractivity contribution in [3.05, 3.63) is 12.2 Å². The van der Waals surface area contributed by atoms with E-state index in [1.165, 1.54) is 116 Å². The molecular formula is C44H86NO8P. The molecule has 3 atom stereocenters. The Bertz CT molecular complexity index is 953. The van der Waals surface area contributed by atoms with Crippen LogP contribution in [-0.4, -0.2) is 74.5 Å². The van der Waals surface area contributed by atoms with Gasteiger partial charge in [-0.25, -0.2) is 0 Å². The Hall–Kier alpha value is -1.09. The normalized spacial score (nSPS) is 14.4. The number of phosphoric acid groups is 1. The van der Waals surface area contributed by atoms with Crippen LogP contribution >= 0.6 is 7.82 Å². The highest BCUT2D eigenvalue weighted by Gasteiger charge is 2.30. The van der Waals surface area contributed by atoms with Gasteiger partial charge in [-0.1, -0.05) is 167 Å². The molecule has 0 radical (unpaired) electrons. The number of ketones is 1. The van der Waals surface area contributed by atoms with Gasteiger partial charge in [-0.15, -0.1) is 0 Å². The van der Waals surface area contributed by atoms with Gasteiger partial charge in [0.2, 0.25) is 0 Å². The van der Waals surface area contributed by atoms with Crippen molar-refractivity contribution in [3.8, 4) is 0 Å². The van der Waals surface area contributed by atoms with E-state index in [0.717, 1.165) is 51.4 Å². The van der Waals surface area contributed by atoms with Gasteiger partial charge in [0.25, 0.3) is 7.82 Å². The molecule has 0 aliphatic heterocycles. The van der Waals surface area contributed by atoms with Gasteiger partial charge in [0, 0.05) is 12.8 Å². The molecule has 0 aromatic rings. The second-order valence-electron chi connectivity index (χ2n) is 16.6. The fraction of sp³-hybridized carbons (Fsp3) is 0.909. The number of rotatable bonds is 41. The van der Waals surface area contributed by atoms with Crippen molar-refractivity contribution in [2.24, 2.45) is 0 Å². The maximum atomic E-state index is 13.1. The quantitative estimate of drug-likeness (QED) is 0.0214. The first kappa shape index (κ1) is 52.9. The lowest BCUT2D eigenvalue weighted by atomic mass is 10.0. The lowest BCUT2D eigenvalue weighted by Gasteiger charge is -2.32. The first-order valence-corrected chi connectivity index (χ1v) is 23.8. The summed E-state index contributed by atoms with van der Waals surface area (Å²) in [6, 6.07) is 0. The number of phosphoric ester groups is 1. The molecule has 9 nitrogen and oxygen atoms in total. The van der Waals surface area contributed by atoms with Gasteiger partial charge in [-0.05, 0) is 38.5 Å². The molecule has 2 unspecified atom stereocenters. The molecule has 54 heavy (non-hydrogen) atoms. The zero-order valence-corrected chi connectivity index (χ0v) is 36.7. The van der Waals surface area contributed by atoms with Crippen LogP contribution in [0.15, 0.2) is 12.2 Å². The minimum Gasteiger partial charge on any atom is -0.756 e. The van der Waals surface area contributed by atoms with E-state index in [4.69, 9.17) is 13.8 Å². The smallest absolute Gasteiger partial charge is 0.306 e. The van der Waals surface area contributed by atoms with E-state index in [2.05, 4.69) is 26.0 Å². The van der Waals surface area contributed by atoms with Crippen molar-refractivity contribution in [2.45, 2.75) is 219 Å². The Kier molecular flexibility index (Phi) is 35.5. The lowest BCUT2D eigenvalue weighted by Crippen LogP contribution is -2.45. The average Bonchev–Trinajstić information content (AvgIpc) is 3.12. The second kappa shape index (κ2) is 36.3. The van der Waals surface area contributed by atoms with Crippen LogP contribution in [0.4, 0.5) is 0 Å². The molecule has 0 saturated heterocycles. The van der Waals surface area contributed by atoms with Crippen LogP contribution in [0, 0.1) is 0 Å². The Labute approximate surface area is 333 Å². The molecule has 0 heterocycles. The number of hydrogen-bond donors (Lipinski definition) is 1. The summed E-state index contributed by atoms with van der Waals surface area (Å²) in [5, 5.41) is 9.71. The summed E-state index contributed by atoms with van der Waals surface area (Å²) in [6.07, 6.45) is 36.2. The molecule has 10 heteroatoms. The zero-order chi connectivity index (χ0) is 40.2. The van der Waals surface area contributed by atoms with Gasteiger partial charge in [0.05, 0.1) is 34.4 Å². The number of nitrogens with zero attached hydrogens (tertiary/aromatic N) is 1. The first-order valence-electron chi connectivity index (χ1n) is 22.4. The number of allylic oxidation sites excluding steroid dienone is 2. The third-order valence-corrected chi connectivity index (χ3v) is 10.9. The summed E-state index contributed by atoms with van der Waals surface area (Å²) in [6.45, 7) is 3.51. The molecule has 320 valence electrons. The highest BCUT2D eigenvalue weighted by atomic mass is 31.2. The minimum atomic E-state index is -4.92. The van der Waals surface area contributed by atoms with Crippen LogP contribution < -0.4 is 4.89 Å². The van der Waals surface area contributed by atoms with Crippen molar-refractivity contribution in [2.75, 3.05) is 40.9 Å². The molecule has 0 amide bonds. The monoisotopic (exact) mass is 788 g/mol. The number of Topliss-reactive ketones (excluding diaryl/α,β-unsaturated/α-hetero) is 1. The summed E-state index contributed by atoms with van der Waals surface area (Å²) in [5.74, 6) is -0.763. The van der Waals surface area contributed by atoms with Crippen molar-refractivity contribution >= 4 is 19.6 Å². The third-order valence-electron chi connectivity index (χ3n) is 9.92. The molecule has 0 aromatic heterocycles. The Morgan fingerprint density at radius 2 is 1.02 bits per heavy atom. The summed E-state index contributed by atoms with van der Waals surface area (Å²) in [4.78, 5) is 38.2. The van der Waals surface area contributed by atoms with E-state index in [9.17, 15) is 24.2 Å². The van der Waals surface area contributed by atoms with Gasteiger partial charge in [0.15, 0.2) is 11.9 Å². The van der Waals surface area contributed by atoms with Crippen molar-refractivity contribution in [1.82, 2.24) is 0 Å². The number of hydrogen-bond acceptors (Lipinski definition) is 8. The number of aliphatic hydroxyl groups is 1. The molecule has 0 aromatic carbocycles. The summed E-state index contributed by atoms with van der Waals surface area (Å²) < 4.78 is 28.7. The fourth-order valence-electron chi connectivity index (χ4n) is 6.59. The topological polar surface area (TPSA) is 122 Å². The van der Waals surface area contributed by atoms with Crippen molar-refractivity contribution in [3.63, 3.8) is 0 Å². The fourth-order valence-corrected chi connectivity index (χ4v) is 7.50. The number of unbranched alkanes of at least 4 members (excludes halogenated alkanes) is 25. The SMILES string of the molecule is CCCCCCCC/C=C\CCCCCCCC(=O)O[C@H](CO)COP(=O)([O-])OC(C[N+](C)(C)C)C(=O)CCCCCCCCCCCCCCCCC. The minimum absolute atomic E-state index is 0.168. The predicted molar refractivity (Wildman–Crippen MR) is 222 cm³/mol. The maximum absolute atomic E-state index is 13.1. The van der Waals surface area contributed by atoms with Crippen LogP contribution in [0.25, 0.3) is 0 Å². The summed E-state index contributed by atoms with van der Waals surface area (Å²) in [5.41, 5.74) is 0. The number of esters is 1. The molecule has 0 spiro atoms. The van der Waals surface area contributed by atoms with Gasteiger partial charge in [0.1, 0.15) is 12.6 Å². The standard InChI is InChI=1S/C44H86NO8P/c1-6-8-10-12-14-16-18-20-22-24-26-28-30-32-34-36-42(47)43(38-45(3,4)5)53-54(49,50)51-40-41(39-46)52-44(48)37-35-33-31-29-27-25-23-21-19-17-15-13-11-9-7-2/h21,23,41,43,46H,6-20,22,24-40H2,1-5H3/b23-21-/t41-,43?/m1/s1. The molecular weight excluding hydrogens is 701 g/mol. The molecule has 0 fully saturated rings. The summed E-state index contributed by atoms with van der Waals surface area (Å²) in [7, 11) is 0.683. The number of quaternary nitrogens is 1.